The third-order valence-corrected chi connectivity index (χ3v) is 3.42. The Hall–Kier alpha value is -3.62. The van der Waals surface area contributed by atoms with Crippen molar-refractivity contribution >= 4 is 17.7 Å². The molecule has 0 saturated heterocycles. The number of ether oxygens (including phenoxy) is 2. The summed E-state index contributed by atoms with van der Waals surface area (Å²) in [4.78, 5) is 39.7. The lowest BCUT2D eigenvalue weighted by molar-refractivity contribution is -0.123. The smallest absolute Gasteiger partial charge is 0.288 e. The molecule has 3 N–H and O–H groups in total. The molecular weight excluding hydrogens is 364 g/mol. The maximum atomic E-state index is 12.2. The lowest BCUT2D eigenvalue weighted by Gasteiger charge is -2.13. The molecular formula is C19H22N4O5. The molecule has 0 unspecified atom stereocenters. The number of hydrazine groups is 1. The van der Waals surface area contributed by atoms with Crippen LogP contribution in [0.15, 0.2) is 42.6 Å². The quantitative estimate of drug-likeness (QED) is 0.613. The van der Waals surface area contributed by atoms with E-state index in [1.807, 2.05) is 13.8 Å². The van der Waals surface area contributed by atoms with Gasteiger partial charge in [0.05, 0.1) is 7.11 Å². The van der Waals surface area contributed by atoms with Crippen molar-refractivity contribution in [3.05, 3.63) is 53.9 Å². The van der Waals surface area contributed by atoms with Gasteiger partial charge in [0.2, 0.25) is 0 Å². The Labute approximate surface area is 162 Å². The second-order valence-corrected chi connectivity index (χ2v) is 6.00. The minimum Gasteiger partial charge on any atom is -0.493 e. The number of rotatable bonds is 7. The summed E-state index contributed by atoms with van der Waals surface area (Å²) in [6, 6.07) is 9.30. The summed E-state index contributed by atoms with van der Waals surface area (Å²) in [5.74, 6) is -0.767. The molecule has 28 heavy (non-hydrogen) atoms. The van der Waals surface area contributed by atoms with Crippen LogP contribution in [0.2, 0.25) is 0 Å². The standard InChI is InChI=1S/C19H22N4O5/c1-12(2)21-17(24)11-28-15-8-7-13(10-16(15)27-3)18(25)22-23-19(26)14-6-4-5-9-20-14/h4-10,12H,11H2,1-3H3,(H,21,24)(H,22,25)(H,23,26). The number of nitrogens with zero attached hydrogens (tertiary/aromatic N) is 1. The first-order valence-electron chi connectivity index (χ1n) is 8.52. The maximum absolute atomic E-state index is 12.2. The van der Waals surface area contributed by atoms with Crippen molar-refractivity contribution in [3.63, 3.8) is 0 Å². The number of aromatic nitrogens is 1. The highest BCUT2D eigenvalue weighted by Gasteiger charge is 2.14. The molecule has 148 valence electrons. The maximum Gasteiger partial charge on any atom is 0.288 e. The zero-order valence-electron chi connectivity index (χ0n) is 15.8. The van der Waals surface area contributed by atoms with Crippen molar-refractivity contribution in [1.82, 2.24) is 21.2 Å². The fourth-order valence-electron chi connectivity index (χ4n) is 2.18. The highest BCUT2D eigenvalue weighted by molar-refractivity contribution is 5.98. The Morgan fingerprint density at radius 2 is 1.79 bits per heavy atom. The number of pyridine rings is 1. The van der Waals surface area contributed by atoms with E-state index < -0.39 is 11.8 Å². The number of hydrogen-bond donors (Lipinski definition) is 3. The minimum absolute atomic E-state index is 0.00497. The molecule has 2 rings (SSSR count). The summed E-state index contributed by atoms with van der Waals surface area (Å²) in [7, 11) is 1.42. The summed E-state index contributed by atoms with van der Waals surface area (Å²) in [5, 5.41) is 2.71. The van der Waals surface area contributed by atoms with E-state index in [1.54, 1.807) is 12.1 Å². The molecule has 2 aromatic rings. The van der Waals surface area contributed by atoms with Crippen molar-refractivity contribution in [1.29, 1.82) is 0 Å². The first kappa shape index (κ1) is 20.7. The first-order valence-corrected chi connectivity index (χ1v) is 8.52. The minimum atomic E-state index is -0.549. The van der Waals surface area contributed by atoms with E-state index in [1.165, 1.54) is 37.6 Å². The zero-order valence-corrected chi connectivity index (χ0v) is 15.8. The second-order valence-electron chi connectivity index (χ2n) is 6.00. The summed E-state index contributed by atoms with van der Waals surface area (Å²) >= 11 is 0. The molecule has 0 radical (unpaired) electrons. The van der Waals surface area contributed by atoms with Gasteiger partial charge in [-0.3, -0.25) is 30.2 Å². The molecule has 9 nitrogen and oxygen atoms in total. The van der Waals surface area contributed by atoms with Crippen molar-refractivity contribution in [3.8, 4) is 11.5 Å². The highest BCUT2D eigenvalue weighted by atomic mass is 16.5. The summed E-state index contributed by atoms with van der Waals surface area (Å²) in [6.07, 6.45) is 1.47. The Balaban J connectivity index is 1.97. The van der Waals surface area contributed by atoms with Gasteiger partial charge < -0.3 is 14.8 Å². The number of methoxy groups -OCH3 is 1. The van der Waals surface area contributed by atoms with Gasteiger partial charge in [0.25, 0.3) is 17.7 Å². The van der Waals surface area contributed by atoms with E-state index in [0.717, 1.165) is 0 Å². The molecule has 1 aromatic carbocycles. The second kappa shape index (κ2) is 9.91. The number of benzene rings is 1. The largest absolute Gasteiger partial charge is 0.493 e. The van der Waals surface area contributed by atoms with Gasteiger partial charge >= 0.3 is 0 Å². The van der Waals surface area contributed by atoms with E-state index in [0.29, 0.717) is 5.75 Å². The molecule has 3 amide bonds. The van der Waals surface area contributed by atoms with Crippen molar-refractivity contribution in [2.45, 2.75) is 19.9 Å². The Bertz CT molecular complexity index is 839. The van der Waals surface area contributed by atoms with Crippen molar-refractivity contribution in [2.24, 2.45) is 0 Å². The van der Waals surface area contributed by atoms with Gasteiger partial charge in [0.1, 0.15) is 5.69 Å². The number of nitrogens with one attached hydrogen (secondary N) is 3. The van der Waals surface area contributed by atoms with Gasteiger partial charge in [-0.2, -0.15) is 0 Å². The van der Waals surface area contributed by atoms with Crippen LogP contribution in [0.4, 0.5) is 0 Å². The third kappa shape index (κ3) is 5.97. The molecule has 1 heterocycles. The molecule has 0 bridgehead atoms. The van der Waals surface area contributed by atoms with Gasteiger partial charge in [-0.05, 0) is 44.2 Å². The van der Waals surface area contributed by atoms with Crippen LogP contribution < -0.4 is 25.6 Å². The van der Waals surface area contributed by atoms with Crippen LogP contribution in [-0.2, 0) is 4.79 Å². The average molecular weight is 386 g/mol. The van der Waals surface area contributed by atoms with Crippen LogP contribution >= 0.6 is 0 Å². The van der Waals surface area contributed by atoms with Crippen LogP contribution in [0, 0.1) is 0 Å². The molecule has 0 aliphatic heterocycles. The van der Waals surface area contributed by atoms with Crippen LogP contribution in [0.25, 0.3) is 0 Å². The van der Waals surface area contributed by atoms with Gasteiger partial charge in [0.15, 0.2) is 18.1 Å². The fraction of sp³-hybridized carbons (Fsp3) is 0.263. The molecule has 0 aliphatic rings. The van der Waals surface area contributed by atoms with E-state index >= 15 is 0 Å². The number of carbonyl (C=O) groups excluding carboxylic acids is 3. The first-order chi connectivity index (χ1) is 13.4. The summed E-state index contributed by atoms with van der Waals surface area (Å²) in [6.45, 7) is 3.51. The van der Waals surface area contributed by atoms with Crippen LogP contribution in [0.1, 0.15) is 34.7 Å². The van der Waals surface area contributed by atoms with Crippen molar-refractivity contribution < 1.29 is 23.9 Å². The van der Waals surface area contributed by atoms with Gasteiger partial charge in [0, 0.05) is 17.8 Å². The Kier molecular flexibility index (Phi) is 7.32. The molecule has 0 saturated carbocycles. The van der Waals surface area contributed by atoms with E-state index in [-0.39, 0.29) is 35.6 Å². The Morgan fingerprint density at radius 1 is 1.04 bits per heavy atom. The fourth-order valence-corrected chi connectivity index (χ4v) is 2.18. The topological polar surface area (TPSA) is 119 Å². The molecule has 1 aromatic heterocycles. The Morgan fingerprint density at radius 3 is 2.43 bits per heavy atom. The molecule has 0 spiro atoms. The molecule has 0 atom stereocenters. The van der Waals surface area contributed by atoms with E-state index in [4.69, 9.17) is 9.47 Å². The van der Waals surface area contributed by atoms with E-state index in [9.17, 15) is 14.4 Å². The average Bonchev–Trinajstić information content (AvgIpc) is 2.70. The number of hydrogen-bond acceptors (Lipinski definition) is 6. The molecule has 0 fully saturated rings. The van der Waals surface area contributed by atoms with Crippen LogP contribution in [0.3, 0.4) is 0 Å². The number of carbonyl (C=O) groups is 3. The number of amides is 3. The monoisotopic (exact) mass is 386 g/mol. The SMILES string of the molecule is COc1cc(C(=O)NNC(=O)c2ccccn2)ccc1OCC(=O)NC(C)C. The zero-order chi connectivity index (χ0) is 20.5. The van der Waals surface area contributed by atoms with E-state index in [2.05, 4.69) is 21.2 Å². The predicted molar refractivity (Wildman–Crippen MR) is 101 cm³/mol. The summed E-state index contributed by atoms with van der Waals surface area (Å²) in [5.41, 5.74) is 4.99. The normalized spacial score (nSPS) is 10.1. The van der Waals surface area contributed by atoms with Gasteiger partial charge in [-0.1, -0.05) is 6.07 Å². The van der Waals surface area contributed by atoms with Gasteiger partial charge in [-0.15, -0.1) is 0 Å². The van der Waals surface area contributed by atoms with Crippen LogP contribution in [0.5, 0.6) is 11.5 Å². The summed E-state index contributed by atoms with van der Waals surface area (Å²) < 4.78 is 10.6. The lowest BCUT2D eigenvalue weighted by atomic mass is 10.2. The lowest BCUT2D eigenvalue weighted by Crippen LogP contribution is -2.41. The van der Waals surface area contributed by atoms with Crippen molar-refractivity contribution in [2.75, 3.05) is 13.7 Å². The highest BCUT2D eigenvalue weighted by Crippen LogP contribution is 2.28. The molecule has 0 aliphatic carbocycles. The van der Waals surface area contributed by atoms with Crippen LogP contribution in [-0.4, -0.2) is 42.5 Å². The predicted octanol–water partition coefficient (Wildman–Crippen LogP) is 1.07. The van der Waals surface area contributed by atoms with Gasteiger partial charge in [-0.25, -0.2) is 0 Å². The molecule has 9 heteroatoms. The third-order valence-electron chi connectivity index (χ3n) is 3.42.